The second-order valence-electron chi connectivity index (χ2n) is 8.39. The first-order chi connectivity index (χ1) is 19.1. The molecule has 3 N–H and O–H groups in total. The van der Waals surface area contributed by atoms with E-state index < -0.39 is 12.9 Å². The van der Waals surface area contributed by atoms with E-state index >= 15 is 0 Å². The van der Waals surface area contributed by atoms with Gasteiger partial charge in [0.05, 0.1) is 24.2 Å². The first-order valence-corrected chi connectivity index (χ1v) is 11.4. The second kappa shape index (κ2) is 10.0. The van der Waals surface area contributed by atoms with Crippen molar-refractivity contribution in [3.05, 3.63) is 54.6 Å². The summed E-state index contributed by atoms with van der Waals surface area (Å²) in [7, 11) is 3.27. The van der Waals surface area contributed by atoms with Crippen molar-refractivity contribution < 1.29 is 18.4 Å². The number of aromatic nitrogens is 6. The zero-order chi connectivity index (χ0) is 28.4. The van der Waals surface area contributed by atoms with Gasteiger partial charge in [0.15, 0.2) is 23.1 Å². The molecule has 12 heteroatoms. The van der Waals surface area contributed by atoms with E-state index in [1.807, 2.05) is 23.5 Å². The molecule has 3 heterocycles. The molecule has 1 aromatic carbocycles. The SMILES string of the molecule is [2H]C([2H])([2H])NC(=O)c1nnc(NC(=O)C2CC2)cc1Nc1cccc(-c2ccc(-c3ncn(C)n3)cn2)c1OC. The summed E-state index contributed by atoms with van der Waals surface area (Å²) in [5, 5.41) is 19.8. The molecule has 1 aliphatic carbocycles. The molecular formula is C25H25N9O3. The van der Waals surface area contributed by atoms with Crippen molar-refractivity contribution in [2.24, 2.45) is 13.0 Å². The van der Waals surface area contributed by atoms with E-state index in [-0.39, 0.29) is 29.0 Å². The van der Waals surface area contributed by atoms with Crippen LogP contribution in [0, 0.1) is 5.92 Å². The third-order valence-corrected chi connectivity index (χ3v) is 5.71. The number of benzene rings is 1. The zero-order valence-corrected chi connectivity index (χ0v) is 20.0. The quantitative estimate of drug-likeness (QED) is 0.331. The number of ether oxygens (including phenoxy) is 1. The van der Waals surface area contributed by atoms with Gasteiger partial charge in [-0.2, -0.15) is 5.10 Å². The molecule has 1 saturated carbocycles. The van der Waals surface area contributed by atoms with Crippen molar-refractivity contribution in [2.75, 3.05) is 24.7 Å². The minimum atomic E-state index is -2.74. The van der Waals surface area contributed by atoms with Crippen molar-refractivity contribution in [1.82, 2.24) is 35.3 Å². The molecule has 0 bridgehead atoms. The number of rotatable bonds is 8. The summed E-state index contributed by atoms with van der Waals surface area (Å²) in [4.78, 5) is 33.8. The maximum atomic E-state index is 12.8. The first kappa shape index (κ1) is 20.3. The van der Waals surface area contributed by atoms with Gasteiger partial charge < -0.3 is 20.7 Å². The van der Waals surface area contributed by atoms with Crippen LogP contribution in [-0.2, 0) is 11.8 Å². The Balaban J connectivity index is 1.48. The third kappa shape index (κ3) is 5.08. The van der Waals surface area contributed by atoms with Crippen LogP contribution < -0.4 is 20.7 Å². The Kier molecular flexibility index (Phi) is 5.50. The molecule has 12 nitrogen and oxygen atoms in total. The third-order valence-electron chi connectivity index (χ3n) is 5.71. The summed E-state index contributed by atoms with van der Waals surface area (Å²) in [5.74, 6) is -0.190. The number of nitrogens with one attached hydrogen (secondary N) is 3. The number of nitrogens with zero attached hydrogens (tertiary/aromatic N) is 6. The molecule has 5 rings (SSSR count). The summed E-state index contributed by atoms with van der Waals surface area (Å²) in [6, 6.07) is 10.4. The minimum Gasteiger partial charge on any atom is -0.494 e. The lowest BCUT2D eigenvalue weighted by Crippen LogP contribution is -2.22. The van der Waals surface area contributed by atoms with Gasteiger partial charge >= 0.3 is 0 Å². The summed E-state index contributed by atoms with van der Waals surface area (Å²) in [6.07, 6.45) is 4.84. The van der Waals surface area contributed by atoms with Crippen LogP contribution in [0.1, 0.15) is 27.4 Å². The first-order valence-electron chi connectivity index (χ1n) is 12.9. The zero-order valence-electron chi connectivity index (χ0n) is 23.0. The van der Waals surface area contributed by atoms with E-state index in [2.05, 4.69) is 35.9 Å². The van der Waals surface area contributed by atoms with E-state index in [4.69, 9.17) is 8.85 Å². The predicted octanol–water partition coefficient (Wildman–Crippen LogP) is 2.79. The lowest BCUT2D eigenvalue weighted by atomic mass is 10.1. The lowest BCUT2D eigenvalue weighted by molar-refractivity contribution is -0.117. The average Bonchev–Trinajstić information content (AvgIpc) is 3.68. The maximum absolute atomic E-state index is 12.8. The van der Waals surface area contributed by atoms with Crippen molar-refractivity contribution >= 4 is 29.0 Å². The van der Waals surface area contributed by atoms with Gasteiger partial charge in [0.25, 0.3) is 5.91 Å². The molecule has 0 atom stereocenters. The van der Waals surface area contributed by atoms with Crippen LogP contribution in [0.4, 0.5) is 17.2 Å². The van der Waals surface area contributed by atoms with Crippen molar-refractivity contribution in [2.45, 2.75) is 12.8 Å². The highest BCUT2D eigenvalue weighted by atomic mass is 16.5. The topological polar surface area (TPSA) is 149 Å². The van der Waals surface area contributed by atoms with E-state index in [1.165, 1.54) is 13.2 Å². The van der Waals surface area contributed by atoms with Crippen molar-refractivity contribution in [1.29, 1.82) is 0 Å². The standard InChI is InChI=1S/C25H25N9O3/c1-26-25(36)21-19(11-20(31-32-21)30-24(35)14-7-8-14)29-18-6-4-5-16(22(18)37-3)17-10-9-15(12-27-17)23-28-13-34(2)33-23/h4-6,9-14H,7-8H2,1-3H3,(H,26,36)(H2,29,30,31,35)/i1D3. The van der Waals surface area contributed by atoms with Crippen LogP contribution in [0.15, 0.2) is 48.9 Å². The Hall–Kier alpha value is -4.87. The summed E-state index contributed by atoms with van der Waals surface area (Å²) in [5.41, 5.74) is 2.26. The number of amides is 2. The van der Waals surface area contributed by atoms with E-state index in [0.29, 0.717) is 28.5 Å². The molecule has 0 radical (unpaired) electrons. The molecule has 188 valence electrons. The number of carbonyl (C=O) groups is 2. The smallest absolute Gasteiger partial charge is 0.273 e. The van der Waals surface area contributed by atoms with Crippen molar-refractivity contribution in [3.8, 4) is 28.4 Å². The summed E-state index contributed by atoms with van der Waals surface area (Å²) >= 11 is 0. The Bertz CT molecular complexity index is 1570. The fourth-order valence-corrected chi connectivity index (χ4v) is 3.71. The highest BCUT2D eigenvalue weighted by Crippen LogP contribution is 2.38. The number of pyridine rings is 1. The van der Waals surface area contributed by atoms with E-state index in [1.54, 1.807) is 36.4 Å². The molecule has 37 heavy (non-hydrogen) atoms. The van der Waals surface area contributed by atoms with Crippen LogP contribution in [0.5, 0.6) is 5.75 Å². The van der Waals surface area contributed by atoms with Crippen LogP contribution in [-0.4, -0.2) is 55.8 Å². The van der Waals surface area contributed by atoms with Crippen LogP contribution in [0.3, 0.4) is 0 Å². The second-order valence-corrected chi connectivity index (χ2v) is 8.39. The highest BCUT2D eigenvalue weighted by Gasteiger charge is 2.30. The monoisotopic (exact) mass is 502 g/mol. The van der Waals surface area contributed by atoms with Crippen LogP contribution in [0.2, 0.25) is 0 Å². The maximum Gasteiger partial charge on any atom is 0.273 e. The van der Waals surface area contributed by atoms with Gasteiger partial charge in [-0.15, -0.1) is 10.2 Å². The molecule has 0 aliphatic heterocycles. The van der Waals surface area contributed by atoms with Gasteiger partial charge in [0.1, 0.15) is 6.33 Å². The molecule has 2 amide bonds. The molecule has 3 aromatic heterocycles. The Morgan fingerprint density at radius 2 is 2.00 bits per heavy atom. The van der Waals surface area contributed by atoms with Gasteiger partial charge in [-0.25, -0.2) is 4.98 Å². The number of methoxy groups -OCH3 is 1. The van der Waals surface area contributed by atoms with Crippen LogP contribution in [0.25, 0.3) is 22.6 Å². The van der Waals surface area contributed by atoms with Gasteiger partial charge in [0.2, 0.25) is 5.91 Å². The Morgan fingerprint density at radius 1 is 1.14 bits per heavy atom. The molecule has 0 spiro atoms. The summed E-state index contributed by atoms with van der Waals surface area (Å²) in [6.45, 7) is -2.74. The van der Waals surface area contributed by atoms with Gasteiger partial charge in [0, 0.05) is 47.4 Å². The molecule has 0 unspecified atom stereocenters. The highest BCUT2D eigenvalue weighted by molar-refractivity contribution is 6.00. The molecular weight excluding hydrogens is 474 g/mol. The van der Waals surface area contributed by atoms with Gasteiger partial charge in [-0.05, 0) is 37.1 Å². The number of carbonyl (C=O) groups excluding carboxylic acids is 2. The molecule has 0 saturated heterocycles. The number of hydrogen-bond donors (Lipinski definition) is 3. The average molecular weight is 503 g/mol. The fourth-order valence-electron chi connectivity index (χ4n) is 3.71. The predicted molar refractivity (Wildman–Crippen MR) is 136 cm³/mol. The largest absolute Gasteiger partial charge is 0.494 e. The number of aryl methyl sites for hydroxylation is 1. The van der Waals surface area contributed by atoms with E-state index in [0.717, 1.165) is 18.4 Å². The Morgan fingerprint density at radius 3 is 2.68 bits per heavy atom. The van der Waals surface area contributed by atoms with Crippen LogP contribution >= 0.6 is 0 Å². The van der Waals surface area contributed by atoms with Gasteiger partial charge in [-0.3, -0.25) is 19.3 Å². The van der Waals surface area contributed by atoms with E-state index in [9.17, 15) is 9.59 Å². The Labute approximate surface area is 216 Å². The normalized spacial score (nSPS) is 14.2. The fraction of sp³-hybridized carbons (Fsp3) is 0.240. The summed E-state index contributed by atoms with van der Waals surface area (Å²) < 4.78 is 29.5. The van der Waals surface area contributed by atoms with Crippen molar-refractivity contribution in [3.63, 3.8) is 0 Å². The molecule has 1 aliphatic rings. The molecule has 4 aromatic rings. The minimum absolute atomic E-state index is 0.0825. The molecule has 1 fully saturated rings. The van der Waals surface area contributed by atoms with Gasteiger partial charge in [-0.1, -0.05) is 6.07 Å². The number of anilines is 3. The lowest BCUT2D eigenvalue weighted by Gasteiger charge is -2.17. The number of para-hydroxylation sites is 1. The number of hydrogen-bond acceptors (Lipinski definition) is 9.